The molecule has 2 rings (SSSR count). The van der Waals surface area contributed by atoms with Crippen molar-refractivity contribution < 1.29 is 8.42 Å². The molecule has 1 aromatic heterocycles. The van der Waals surface area contributed by atoms with Crippen molar-refractivity contribution in [2.75, 3.05) is 6.26 Å². The van der Waals surface area contributed by atoms with E-state index in [2.05, 4.69) is 0 Å². The van der Waals surface area contributed by atoms with Crippen molar-refractivity contribution in [3.05, 3.63) is 30.0 Å². The van der Waals surface area contributed by atoms with E-state index in [0.29, 0.717) is 4.90 Å². The zero-order chi connectivity index (χ0) is 11.2. The van der Waals surface area contributed by atoms with Gasteiger partial charge in [-0.3, -0.25) is 0 Å². The lowest BCUT2D eigenvalue weighted by Gasteiger charge is -1.98. The van der Waals surface area contributed by atoms with E-state index in [1.54, 1.807) is 0 Å². The zero-order valence-electron chi connectivity index (χ0n) is 8.98. The van der Waals surface area contributed by atoms with Gasteiger partial charge in [-0.05, 0) is 13.0 Å². The van der Waals surface area contributed by atoms with Gasteiger partial charge >= 0.3 is 0 Å². The van der Waals surface area contributed by atoms with Gasteiger partial charge in [-0.2, -0.15) is 0 Å². The summed E-state index contributed by atoms with van der Waals surface area (Å²) in [4.78, 5) is 0.445. The van der Waals surface area contributed by atoms with Gasteiger partial charge in [-0.15, -0.1) is 0 Å². The quantitative estimate of drug-likeness (QED) is 0.740. The van der Waals surface area contributed by atoms with Crippen molar-refractivity contribution in [1.29, 1.82) is 0 Å². The molecular weight excluding hydrogens is 210 g/mol. The van der Waals surface area contributed by atoms with Gasteiger partial charge in [0, 0.05) is 29.9 Å². The molecule has 0 atom stereocenters. The fourth-order valence-corrected chi connectivity index (χ4v) is 3.20. The molecule has 4 heteroatoms. The third-order valence-corrected chi connectivity index (χ3v) is 3.97. The molecule has 1 aromatic carbocycles. The summed E-state index contributed by atoms with van der Waals surface area (Å²) < 4.78 is 25.2. The normalized spacial score (nSPS) is 12.2. The molecule has 2 aromatic rings. The lowest BCUT2D eigenvalue weighted by molar-refractivity contribution is 0.601. The topological polar surface area (TPSA) is 39.1 Å². The number of para-hydroxylation sites is 1. The number of hydrogen-bond acceptors (Lipinski definition) is 2. The molecule has 0 aliphatic carbocycles. The highest BCUT2D eigenvalue weighted by Gasteiger charge is 2.19. The minimum Gasteiger partial charge on any atom is -0.347 e. The summed E-state index contributed by atoms with van der Waals surface area (Å²) in [5.41, 5.74) is 1.74. The molecule has 0 saturated carbocycles. The Morgan fingerprint density at radius 1 is 1.20 bits per heavy atom. The van der Waals surface area contributed by atoms with Gasteiger partial charge in [0.25, 0.3) is 0 Å². The maximum absolute atomic E-state index is 11.7. The van der Waals surface area contributed by atoms with Crippen LogP contribution in [-0.2, 0) is 16.9 Å². The molecule has 80 valence electrons. The maximum atomic E-state index is 11.7. The van der Waals surface area contributed by atoms with Crippen LogP contribution in [0.3, 0.4) is 0 Å². The van der Waals surface area contributed by atoms with E-state index in [1.807, 2.05) is 42.8 Å². The summed E-state index contributed by atoms with van der Waals surface area (Å²) in [5.74, 6) is 0. The first-order valence-electron chi connectivity index (χ1n) is 4.67. The molecule has 0 aliphatic rings. The Labute approximate surface area is 89.3 Å². The van der Waals surface area contributed by atoms with E-state index in [9.17, 15) is 8.42 Å². The van der Waals surface area contributed by atoms with Crippen LogP contribution < -0.4 is 0 Å². The molecule has 0 spiro atoms. The smallest absolute Gasteiger partial charge is 0.177 e. The van der Waals surface area contributed by atoms with E-state index in [4.69, 9.17) is 0 Å². The molecule has 0 unspecified atom stereocenters. The average molecular weight is 223 g/mol. The van der Waals surface area contributed by atoms with Crippen LogP contribution in [0.5, 0.6) is 0 Å². The third kappa shape index (κ3) is 1.45. The van der Waals surface area contributed by atoms with Gasteiger partial charge < -0.3 is 4.57 Å². The lowest BCUT2D eigenvalue weighted by Crippen LogP contribution is -2.00. The van der Waals surface area contributed by atoms with E-state index in [0.717, 1.165) is 16.6 Å². The van der Waals surface area contributed by atoms with Crippen LogP contribution in [0.1, 0.15) is 5.69 Å². The molecule has 0 bridgehead atoms. The number of hydrogen-bond donors (Lipinski definition) is 0. The van der Waals surface area contributed by atoms with Crippen LogP contribution in [0, 0.1) is 6.92 Å². The van der Waals surface area contributed by atoms with Gasteiger partial charge in [0.05, 0.1) is 4.90 Å². The van der Waals surface area contributed by atoms with E-state index >= 15 is 0 Å². The van der Waals surface area contributed by atoms with Crippen LogP contribution in [-0.4, -0.2) is 19.2 Å². The molecule has 1 heterocycles. The van der Waals surface area contributed by atoms with Crippen molar-refractivity contribution >= 4 is 20.7 Å². The summed E-state index contributed by atoms with van der Waals surface area (Å²) in [5, 5.41) is 0.806. The predicted octanol–water partition coefficient (Wildman–Crippen LogP) is 1.89. The molecule has 3 nitrogen and oxygen atoms in total. The van der Waals surface area contributed by atoms with Gasteiger partial charge in [0.15, 0.2) is 9.84 Å². The number of aromatic nitrogens is 1. The summed E-state index contributed by atoms with van der Waals surface area (Å²) in [6, 6.07) is 7.54. The third-order valence-electron chi connectivity index (χ3n) is 2.71. The van der Waals surface area contributed by atoms with Crippen LogP contribution in [0.15, 0.2) is 29.2 Å². The van der Waals surface area contributed by atoms with E-state index in [-0.39, 0.29) is 0 Å². The van der Waals surface area contributed by atoms with Crippen LogP contribution in [0.25, 0.3) is 10.9 Å². The minimum atomic E-state index is -3.16. The fraction of sp³-hybridized carbons (Fsp3) is 0.273. The van der Waals surface area contributed by atoms with Crippen LogP contribution in [0.2, 0.25) is 0 Å². The number of nitrogens with zero attached hydrogens (tertiary/aromatic N) is 1. The van der Waals surface area contributed by atoms with Crippen LogP contribution in [0.4, 0.5) is 0 Å². The first-order chi connectivity index (χ1) is 6.93. The van der Waals surface area contributed by atoms with Gasteiger partial charge in [-0.1, -0.05) is 18.2 Å². The minimum absolute atomic E-state index is 0.445. The Hall–Kier alpha value is -1.29. The monoisotopic (exact) mass is 223 g/mol. The maximum Gasteiger partial charge on any atom is 0.177 e. The molecule has 0 amide bonds. The van der Waals surface area contributed by atoms with Gasteiger partial charge in [0.1, 0.15) is 0 Å². The standard InChI is InChI=1S/C11H13NO2S/c1-8-11(15(3,13)14)9-6-4-5-7-10(9)12(8)2/h4-7H,1-3H3. The number of sulfone groups is 1. The largest absolute Gasteiger partial charge is 0.347 e. The Kier molecular flexibility index (Phi) is 2.12. The lowest BCUT2D eigenvalue weighted by atomic mass is 10.2. The zero-order valence-corrected chi connectivity index (χ0v) is 9.80. The highest BCUT2D eigenvalue weighted by atomic mass is 32.2. The molecule has 0 fully saturated rings. The molecular formula is C11H13NO2S. The van der Waals surface area contributed by atoms with Crippen molar-refractivity contribution in [2.24, 2.45) is 7.05 Å². The Balaban J connectivity index is 3.03. The molecule has 0 N–H and O–H groups in total. The molecule has 15 heavy (non-hydrogen) atoms. The number of rotatable bonds is 1. The van der Waals surface area contributed by atoms with Gasteiger partial charge in [-0.25, -0.2) is 8.42 Å². The first-order valence-corrected chi connectivity index (χ1v) is 6.56. The summed E-state index contributed by atoms with van der Waals surface area (Å²) >= 11 is 0. The average Bonchev–Trinajstić information content (AvgIpc) is 2.39. The second-order valence-electron chi connectivity index (χ2n) is 3.76. The Bertz CT molecular complexity index is 623. The predicted molar refractivity (Wildman–Crippen MR) is 60.8 cm³/mol. The second-order valence-corrected chi connectivity index (χ2v) is 5.72. The number of benzene rings is 1. The van der Waals surface area contributed by atoms with Gasteiger partial charge in [0.2, 0.25) is 0 Å². The highest BCUT2D eigenvalue weighted by Crippen LogP contribution is 2.28. The van der Waals surface area contributed by atoms with Crippen molar-refractivity contribution in [3.8, 4) is 0 Å². The van der Waals surface area contributed by atoms with Crippen molar-refractivity contribution in [1.82, 2.24) is 4.57 Å². The molecule has 0 saturated heterocycles. The number of aryl methyl sites for hydroxylation is 1. The fourth-order valence-electron chi connectivity index (χ4n) is 1.95. The van der Waals surface area contributed by atoms with E-state index < -0.39 is 9.84 Å². The summed E-state index contributed by atoms with van der Waals surface area (Å²) in [7, 11) is -1.28. The summed E-state index contributed by atoms with van der Waals surface area (Å²) in [6.45, 7) is 1.83. The van der Waals surface area contributed by atoms with Crippen molar-refractivity contribution in [3.63, 3.8) is 0 Å². The summed E-state index contributed by atoms with van der Waals surface area (Å²) in [6.07, 6.45) is 1.25. The first kappa shape index (κ1) is 10.2. The Morgan fingerprint density at radius 2 is 1.80 bits per heavy atom. The van der Waals surface area contributed by atoms with Crippen LogP contribution >= 0.6 is 0 Å². The number of fused-ring (bicyclic) bond motifs is 1. The van der Waals surface area contributed by atoms with E-state index in [1.165, 1.54) is 6.26 Å². The molecule has 0 radical (unpaired) electrons. The SMILES string of the molecule is Cc1c(S(C)(=O)=O)c2ccccc2n1C. The highest BCUT2D eigenvalue weighted by molar-refractivity contribution is 7.91. The molecule has 0 aliphatic heterocycles. The Morgan fingerprint density at radius 3 is 2.40 bits per heavy atom. The van der Waals surface area contributed by atoms with Crippen molar-refractivity contribution in [2.45, 2.75) is 11.8 Å². The second kappa shape index (κ2) is 3.10.